The molecule has 0 aromatic carbocycles. The lowest BCUT2D eigenvalue weighted by atomic mass is 9.72. The number of carbonyl (C=O) groups excluding carboxylic acids is 1. The van der Waals surface area contributed by atoms with Crippen LogP contribution in [0.3, 0.4) is 0 Å². The first-order chi connectivity index (χ1) is 6.23. The topological polar surface area (TPSA) is 71.4 Å². The molecule has 1 aliphatic rings. The van der Waals surface area contributed by atoms with Crippen LogP contribution in [0.1, 0.15) is 33.1 Å². The lowest BCUT2D eigenvalue weighted by Gasteiger charge is -2.33. The first kappa shape index (κ1) is 11.7. The Morgan fingerprint density at radius 3 is 2.57 bits per heavy atom. The Kier molecular flexibility index (Phi) is 3.02. The third kappa shape index (κ3) is 2.78. The fourth-order valence-electron chi connectivity index (χ4n) is 1.92. The predicted molar refractivity (Wildman–Crippen MR) is 52.5 cm³/mol. The van der Waals surface area contributed by atoms with Crippen LogP contribution in [0.15, 0.2) is 0 Å². The van der Waals surface area contributed by atoms with Crippen molar-refractivity contribution in [3.05, 3.63) is 0 Å². The van der Waals surface area contributed by atoms with E-state index in [0.717, 1.165) is 6.42 Å². The zero-order chi connectivity index (χ0) is 11.0. The van der Waals surface area contributed by atoms with Crippen LogP contribution in [0.25, 0.3) is 0 Å². The van der Waals surface area contributed by atoms with Crippen LogP contribution in [0.4, 0.5) is 0 Å². The first-order valence-corrected chi connectivity index (χ1v) is 6.32. The van der Waals surface area contributed by atoms with Crippen LogP contribution in [0, 0.1) is 11.3 Å². The molecule has 0 radical (unpaired) electrons. The van der Waals surface area contributed by atoms with Crippen molar-refractivity contribution in [1.29, 1.82) is 0 Å². The van der Waals surface area contributed by atoms with Crippen molar-refractivity contribution in [1.82, 2.24) is 0 Å². The second-order valence-corrected chi connectivity index (χ2v) is 6.01. The molecule has 4 nitrogen and oxygen atoms in total. The molecule has 0 aliphatic heterocycles. The zero-order valence-electron chi connectivity index (χ0n) is 8.49. The van der Waals surface area contributed by atoms with Gasteiger partial charge < -0.3 is 0 Å². The van der Waals surface area contributed by atoms with E-state index in [-0.39, 0.29) is 5.78 Å². The van der Waals surface area contributed by atoms with E-state index in [9.17, 15) is 13.2 Å². The van der Waals surface area contributed by atoms with Gasteiger partial charge in [-0.2, -0.15) is 8.42 Å². The van der Waals surface area contributed by atoms with Gasteiger partial charge in [0.05, 0.1) is 5.75 Å². The van der Waals surface area contributed by atoms with Gasteiger partial charge in [0.25, 0.3) is 10.1 Å². The van der Waals surface area contributed by atoms with Gasteiger partial charge in [0.15, 0.2) is 0 Å². The molecule has 0 amide bonds. The summed E-state index contributed by atoms with van der Waals surface area (Å²) in [6, 6.07) is 0. The van der Waals surface area contributed by atoms with Crippen molar-refractivity contribution in [3.63, 3.8) is 0 Å². The number of Topliss-reactive ketones (excluding diaryl/α,β-unsaturated/α-hetero) is 1. The molecule has 0 aromatic heterocycles. The summed E-state index contributed by atoms with van der Waals surface area (Å²) in [7, 11) is -4.05. The second kappa shape index (κ2) is 3.62. The Bertz CT molecular complexity index is 333. The summed E-state index contributed by atoms with van der Waals surface area (Å²) in [6.45, 7) is 3.60. The summed E-state index contributed by atoms with van der Waals surface area (Å²) in [5, 5.41) is 0. The van der Waals surface area contributed by atoms with E-state index in [2.05, 4.69) is 0 Å². The second-order valence-electron chi connectivity index (χ2n) is 4.56. The van der Waals surface area contributed by atoms with E-state index in [0.29, 0.717) is 18.8 Å². The van der Waals surface area contributed by atoms with Crippen LogP contribution < -0.4 is 0 Å². The number of ketones is 1. The quantitative estimate of drug-likeness (QED) is 0.711. The fourth-order valence-corrected chi connectivity index (χ4v) is 3.04. The number of rotatable bonds is 2. The first-order valence-electron chi connectivity index (χ1n) is 4.71. The van der Waals surface area contributed by atoms with E-state index in [1.165, 1.54) is 0 Å². The maximum absolute atomic E-state index is 11.6. The molecule has 0 bridgehead atoms. The van der Waals surface area contributed by atoms with Crippen LogP contribution in [-0.4, -0.2) is 24.5 Å². The Labute approximate surface area is 84.4 Å². The van der Waals surface area contributed by atoms with E-state index in [4.69, 9.17) is 4.55 Å². The van der Waals surface area contributed by atoms with Gasteiger partial charge >= 0.3 is 0 Å². The number of hydrogen-bond donors (Lipinski definition) is 1. The van der Waals surface area contributed by atoms with Gasteiger partial charge in [-0.05, 0) is 18.8 Å². The lowest BCUT2D eigenvalue weighted by molar-refractivity contribution is -0.130. The summed E-state index contributed by atoms with van der Waals surface area (Å²) >= 11 is 0. The predicted octanol–water partition coefficient (Wildman–Crippen LogP) is 1.27. The Balaban J connectivity index is 2.80. The molecular weight excluding hydrogens is 204 g/mol. The van der Waals surface area contributed by atoms with Gasteiger partial charge in [0.1, 0.15) is 5.78 Å². The van der Waals surface area contributed by atoms with Gasteiger partial charge in [-0.15, -0.1) is 0 Å². The van der Waals surface area contributed by atoms with Crippen LogP contribution >= 0.6 is 0 Å². The minimum Gasteiger partial charge on any atom is -0.299 e. The molecule has 1 rings (SSSR count). The van der Waals surface area contributed by atoms with Crippen molar-refractivity contribution < 1.29 is 17.8 Å². The molecule has 1 saturated carbocycles. The largest absolute Gasteiger partial charge is 0.299 e. The lowest BCUT2D eigenvalue weighted by Crippen LogP contribution is -2.39. The highest BCUT2D eigenvalue weighted by Crippen LogP contribution is 2.36. The maximum atomic E-state index is 11.6. The highest BCUT2D eigenvalue weighted by molar-refractivity contribution is 7.85. The van der Waals surface area contributed by atoms with Crippen LogP contribution in [0.5, 0.6) is 0 Å². The summed E-state index contributed by atoms with van der Waals surface area (Å²) in [5.74, 6) is -0.156. The van der Waals surface area contributed by atoms with Crippen molar-refractivity contribution in [2.45, 2.75) is 33.1 Å². The molecule has 5 heteroatoms. The molecule has 1 unspecified atom stereocenters. The minimum atomic E-state index is -4.05. The van der Waals surface area contributed by atoms with Gasteiger partial charge in [0, 0.05) is 11.8 Å². The number of hydrogen-bond acceptors (Lipinski definition) is 3. The van der Waals surface area contributed by atoms with E-state index in [1.807, 2.05) is 6.92 Å². The van der Waals surface area contributed by atoms with Crippen molar-refractivity contribution in [2.75, 3.05) is 5.75 Å². The summed E-state index contributed by atoms with van der Waals surface area (Å²) in [6.07, 6.45) is 1.82. The normalized spacial score (nSPS) is 34.5. The molecule has 1 aliphatic carbocycles. The molecule has 0 saturated heterocycles. The fraction of sp³-hybridized carbons (Fsp3) is 0.889. The standard InChI is InChI=1S/C9H16O4S/c1-7-3-4-9(2,8(10)5-7)6-14(11,12)13/h7H,3-6H2,1-2H3,(H,11,12,13)/t7?,9-/m1/s1. The molecule has 0 aromatic rings. The SMILES string of the molecule is CC1CC[C@](C)(CS(=O)(=O)O)C(=O)C1. The summed E-state index contributed by atoms with van der Waals surface area (Å²) in [5.41, 5.74) is -0.875. The van der Waals surface area contributed by atoms with Gasteiger partial charge in [0.2, 0.25) is 0 Å². The van der Waals surface area contributed by atoms with Crippen molar-refractivity contribution in [3.8, 4) is 0 Å². The molecule has 82 valence electrons. The van der Waals surface area contributed by atoms with E-state index >= 15 is 0 Å². The average Bonchev–Trinajstić information content (AvgIpc) is 1.95. The van der Waals surface area contributed by atoms with Gasteiger partial charge in [-0.3, -0.25) is 9.35 Å². The average molecular weight is 220 g/mol. The summed E-state index contributed by atoms with van der Waals surface area (Å²) in [4.78, 5) is 11.6. The summed E-state index contributed by atoms with van der Waals surface area (Å²) < 4.78 is 30.2. The van der Waals surface area contributed by atoms with Crippen LogP contribution in [-0.2, 0) is 14.9 Å². The molecule has 0 spiro atoms. The molecule has 1 fully saturated rings. The molecule has 2 atom stereocenters. The minimum absolute atomic E-state index is 0.0473. The third-order valence-corrected chi connectivity index (χ3v) is 3.90. The highest BCUT2D eigenvalue weighted by Gasteiger charge is 2.40. The zero-order valence-corrected chi connectivity index (χ0v) is 9.30. The van der Waals surface area contributed by atoms with Gasteiger partial charge in [-0.25, -0.2) is 0 Å². The van der Waals surface area contributed by atoms with Crippen molar-refractivity contribution >= 4 is 15.9 Å². The molecular formula is C9H16O4S. The van der Waals surface area contributed by atoms with Crippen LogP contribution in [0.2, 0.25) is 0 Å². The monoisotopic (exact) mass is 220 g/mol. The molecule has 0 heterocycles. The highest BCUT2D eigenvalue weighted by atomic mass is 32.2. The van der Waals surface area contributed by atoms with E-state index < -0.39 is 21.3 Å². The Morgan fingerprint density at radius 2 is 2.14 bits per heavy atom. The van der Waals surface area contributed by atoms with E-state index in [1.54, 1.807) is 6.92 Å². The maximum Gasteiger partial charge on any atom is 0.265 e. The third-order valence-electron chi connectivity index (χ3n) is 2.90. The molecule has 14 heavy (non-hydrogen) atoms. The smallest absolute Gasteiger partial charge is 0.265 e. The Morgan fingerprint density at radius 1 is 1.57 bits per heavy atom. The van der Waals surface area contributed by atoms with Gasteiger partial charge in [-0.1, -0.05) is 13.8 Å². The Hall–Kier alpha value is -0.420. The number of carbonyl (C=O) groups is 1. The molecule has 1 N–H and O–H groups in total. The van der Waals surface area contributed by atoms with Crippen molar-refractivity contribution in [2.24, 2.45) is 11.3 Å².